The second-order valence-corrected chi connectivity index (χ2v) is 6.37. The van der Waals surface area contributed by atoms with Gasteiger partial charge in [0.25, 0.3) is 0 Å². The average molecular weight is 290 g/mol. The number of hydrogen-bond acceptors (Lipinski definition) is 2. The average Bonchev–Trinajstić information content (AvgIpc) is 2.55. The molecule has 1 aliphatic heterocycles. The lowest BCUT2D eigenvalue weighted by atomic mass is 9.88. The summed E-state index contributed by atoms with van der Waals surface area (Å²) >= 11 is 0. The maximum Gasteiger partial charge on any atom is 0.223 e. The van der Waals surface area contributed by atoms with E-state index in [1.807, 2.05) is 6.08 Å². The topological polar surface area (TPSA) is 32.3 Å². The summed E-state index contributed by atoms with van der Waals surface area (Å²) in [6.07, 6.45) is 13.5. The Hall–Kier alpha value is -1.09. The molecule has 0 bridgehead atoms. The molecular formula is C18H30N2O. The number of rotatable bonds is 7. The number of hydrogen-bond donors (Lipinski definition) is 1. The zero-order chi connectivity index (χ0) is 14.9. The summed E-state index contributed by atoms with van der Waals surface area (Å²) in [7, 11) is 0. The third-order valence-corrected chi connectivity index (χ3v) is 4.76. The number of amides is 1. The summed E-state index contributed by atoms with van der Waals surface area (Å²) in [6.45, 7) is 7.91. The molecule has 0 aromatic heterocycles. The van der Waals surface area contributed by atoms with Gasteiger partial charge in [-0.25, -0.2) is 0 Å². The Kier molecular flexibility index (Phi) is 7.01. The van der Waals surface area contributed by atoms with Gasteiger partial charge in [-0.1, -0.05) is 37.0 Å². The van der Waals surface area contributed by atoms with Crippen LogP contribution in [0.1, 0.15) is 51.4 Å². The third kappa shape index (κ3) is 5.66. The van der Waals surface area contributed by atoms with Crippen LogP contribution in [-0.2, 0) is 4.79 Å². The number of nitrogens with zero attached hydrogens (tertiary/aromatic N) is 1. The van der Waals surface area contributed by atoms with Crippen LogP contribution in [0.2, 0.25) is 0 Å². The van der Waals surface area contributed by atoms with Gasteiger partial charge in [-0.3, -0.25) is 9.69 Å². The molecule has 2 aliphatic rings. The lowest BCUT2D eigenvalue weighted by molar-refractivity contribution is -0.125. The smallest absolute Gasteiger partial charge is 0.223 e. The normalized spacial score (nSPS) is 20.9. The largest absolute Gasteiger partial charge is 0.356 e. The molecule has 0 spiro atoms. The molecule has 0 unspecified atom stereocenters. The SMILES string of the molecule is C=CCCN1CC=C(CCNC(=O)C2CCCCC2)CC1. The molecule has 0 aromatic carbocycles. The Morgan fingerprint density at radius 2 is 2.19 bits per heavy atom. The molecule has 1 heterocycles. The van der Waals surface area contributed by atoms with E-state index in [1.165, 1.54) is 24.8 Å². The van der Waals surface area contributed by atoms with Crippen molar-refractivity contribution in [2.75, 3.05) is 26.2 Å². The molecule has 1 saturated carbocycles. The highest BCUT2D eigenvalue weighted by atomic mass is 16.1. The fourth-order valence-electron chi connectivity index (χ4n) is 3.31. The fraction of sp³-hybridized carbons (Fsp3) is 0.722. The van der Waals surface area contributed by atoms with Crippen LogP contribution >= 0.6 is 0 Å². The molecule has 0 aromatic rings. The quantitative estimate of drug-likeness (QED) is 0.730. The maximum atomic E-state index is 12.1. The molecule has 1 N–H and O–H groups in total. The van der Waals surface area contributed by atoms with E-state index in [4.69, 9.17) is 0 Å². The van der Waals surface area contributed by atoms with E-state index in [-0.39, 0.29) is 5.92 Å². The van der Waals surface area contributed by atoms with E-state index < -0.39 is 0 Å². The van der Waals surface area contributed by atoms with Gasteiger partial charge < -0.3 is 5.32 Å². The molecule has 1 aliphatic carbocycles. The van der Waals surface area contributed by atoms with E-state index in [9.17, 15) is 4.79 Å². The summed E-state index contributed by atoms with van der Waals surface area (Å²) in [5.74, 6) is 0.576. The standard InChI is InChI=1S/C18H30N2O/c1-2-3-13-20-14-10-16(11-15-20)9-12-19-18(21)17-7-5-4-6-8-17/h2,10,17H,1,3-9,11-15H2,(H,19,21). The predicted molar refractivity (Wildman–Crippen MR) is 88.2 cm³/mol. The highest BCUT2D eigenvalue weighted by Gasteiger charge is 2.20. The predicted octanol–water partition coefficient (Wildman–Crippen LogP) is 3.28. The summed E-state index contributed by atoms with van der Waals surface area (Å²) in [4.78, 5) is 14.5. The molecule has 3 nitrogen and oxygen atoms in total. The lowest BCUT2D eigenvalue weighted by Crippen LogP contribution is -2.33. The van der Waals surface area contributed by atoms with Crippen LogP contribution in [0.5, 0.6) is 0 Å². The van der Waals surface area contributed by atoms with Gasteiger partial charge in [-0.2, -0.15) is 0 Å². The zero-order valence-corrected chi connectivity index (χ0v) is 13.3. The van der Waals surface area contributed by atoms with Crippen molar-refractivity contribution in [2.45, 2.75) is 51.4 Å². The first-order valence-electron chi connectivity index (χ1n) is 8.58. The van der Waals surface area contributed by atoms with Crippen molar-refractivity contribution in [3.8, 4) is 0 Å². The molecule has 1 amide bonds. The van der Waals surface area contributed by atoms with Gasteiger partial charge in [-0.05, 0) is 32.1 Å². The zero-order valence-electron chi connectivity index (χ0n) is 13.3. The molecule has 3 heteroatoms. The van der Waals surface area contributed by atoms with Gasteiger partial charge in [-0.15, -0.1) is 6.58 Å². The van der Waals surface area contributed by atoms with E-state index in [0.29, 0.717) is 5.91 Å². The van der Waals surface area contributed by atoms with E-state index in [2.05, 4.69) is 22.9 Å². The molecular weight excluding hydrogens is 260 g/mol. The highest BCUT2D eigenvalue weighted by Crippen LogP contribution is 2.23. The summed E-state index contributed by atoms with van der Waals surface area (Å²) in [5.41, 5.74) is 1.51. The third-order valence-electron chi connectivity index (χ3n) is 4.76. The van der Waals surface area contributed by atoms with Gasteiger partial charge in [0.2, 0.25) is 5.91 Å². The van der Waals surface area contributed by atoms with E-state index in [1.54, 1.807) is 0 Å². The fourth-order valence-corrected chi connectivity index (χ4v) is 3.31. The van der Waals surface area contributed by atoms with Gasteiger partial charge in [0, 0.05) is 32.1 Å². The first-order valence-corrected chi connectivity index (χ1v) is 8.58. The van der Waals surface area contributed by atoms with Crippen LogP contribution in [0.15, 0.2) is 24.3 Å². The van der Waals surface area contributed by atoms with Crippen molar-refractivity contribution < 1.29 is 4.79 Å². The molecule has 0 saturated heterocycles. The minimum Gasteiger partial charge on any atom is -0.356 e. The highest BCUT2D eigenvalue weighted by molar-refractivity contribution is 5.78. The Morgan fingerprint density at radius 1 is 1.38 bits per heavy atom. The van der Waals surface area contributed by atoms with Gasteiger partial charge in [0.15, 0.2) is 0 Å². The summed E-state index contributed by atoms with van der Waals surface area (Å²) in [6, 6.07) is 0. The van der Waals surface area contributed by atoms with E-state index >= 15 is 0 Å². The number of carbonyl (C=O) groups excluding carboxylic acids is 1. The van der Waals surface area contributed by atoms with Gasteiger partial charge in [0.1, 0.15) is 0 Å². The van der Waals surface area contributed by atoms with Crippen molar-refractivity contribution in [1.29, 1.82) is 0 Å². The monoisotopic (exact) mass is 290 g/mol. The van der Waals surface area contributed by atoms with Crippen molar-refractivity contribution in [2.24, 2.45) is 5.92 Å². The van der Waals surface area contributed by atoms with Crippen LogP contribution in [0.25, 0.3) is 0 Å². The van der Waals surface area contributed by atoms with Gasteiger partial charge in [0.05, 0.1) is 0 Å². The minimum atomic E-state index is 0.286. The Labute approximate surface area is 129 Å². The number of nitrogens with one attached hydrogen (secondary N) is 1. The molecule has 1 fully saturated rings. The first kappa shape index (κ1) is 16.3. The Bertz CT molecular complexity index is 369. The second kappa shape index (κ2) is 9.04. The molecule has 118 valence electrons. The van der Waals surface area contributed by atoms with Crippen LogP contribution in [0.3, 0.4) is 0 Å². The molecule has 2 rings (SSSR count). The van der Waals surface area contributed by atoms with Crippen molar-refractivity contribution in [1.82, 2.24) is 10.2 Å². The van der Waals surface area contributed by atoms with Crippen molar-refractivity contribution in [3.05, 3.63) is 24.3 Å². The van der Waals surface area contributed by atoms with Crippen LogP contribution < -0.4 is 5.32 Å². The maximum absolute atomic E-state index is 12.1. The summed E-state index contributed by atoms with van der Waals surface area (Å²) < 4.78 is 0. The molecule has 0 atom stereocenters. The van der Waals surface area contributed by atoms with Crippen molar-refractivity contribution in [3.63, 3.8) is 0 Å². The lowest BCUT2D eigenvalue weighted by Gasteiger charge is -2.26. The summed E-state index contributed by atoms with van der Waals surface area (Å²) in [5, 5.41) is 3.14. The minimum absolute atomic E-state index is 0.286. The van der Waals surface area contributed by atoms with Crippen LogP contribution in [0.4, 0.5) is 0 Å². The van der Waals surface area contributed by atoms with Crippen LogP contribution in [0, 0.1) is 5.92 Å². The van der Waals surface area contributed by atoms with Crippen molar-refractivity contribution >= 4 is 5.91 Å². The molecule has 21 heavy (non-hydrogen) atoms. The number of carbonyl (C=O) groups is 1. The second-order valence-electron chi connectivity index (χ2n) is 6.37. The van der Waals surface area contributed by atoms with Crippen LogP contribution in [-0.4, -0.2) is 37.0 Å². The Balaban J connectivity index is 1.61. The Morgan fingerprint density at radius 3 is 2.86 bits per heavy atom. The first-order chi connectivity index (χ1) is 10.3. The molecule has 0 radical (unpaired) electrons. The van der Waals surface area contributed by atoms with Gasteiger partial charge >= 0.3 is 0 Å². The van der Waals surface area contributed by atoms with E-state index in [0.717, 1.165) is 58.3 Å².